The van der Waals surface area contributed by atoms with Crippen molar-refractivity contribution in [3.8, 4) is 0 Å². The third-order valence-corrected chi connectivity index (χ3v) is 7.39. The first-order chi connectivity index (χ1) is 16.2. The molecular formula is C25H21BrClN3O4. The van der Waals surface area contributed by atoms with E-state index in [-0.39, 0.29) is 29.2 Å². The van der Waals surface area contributed by atoms with Crippen LogP contribution in [-0.2, 0) is 24.5 Å². The van der Waals surface area contributed by atoms with Crippen molar-refractivity contribution in [2.24, 2.45) is 5.73 Å². The molecule has 0 saturated heterocycles. The lowest BCUT2D eigenvalue weighted by Crippen LogP contribution is -2.53. The number of methoxy groups -OCH3 is 1. The molecule has 3 aliphatic rings. The minimum Gasteiger partial charge on any atom is -0.466 e. The first-order valence-electron chi connectivity index (χ1n) is 10.7. The number of benzene rings is 2. The zero-order valence-corrected chi connectivity index (χ0v) is 20.8. The molecule has 3 N–H and O–H groups in total. The van der Waals surface area contributed by atoms with E-state index in [1.807, 2.05) is 25.1 Å². The largest absolute Gasteiger partial charge is 0.466 e. The van der Waals surface area contributed by atoms with E-state index in [0.29, 0.717) is 40.5 Å². The zero-order valence-electron chi connectivity index (χ0n) is 18.5. The van der Waals surface area contributed by atoms with E-state index >= 15 is 0 Å². The van der Waals surface area contributed by atoms with Crippen LogP contribution in [0.15, 0.2) is 63.5 Å². The van der Waals surface area contributed by atoms with E-state index in [4.69, 9.17) is 22.1 Å². The molecule has 0 radical (unpaired) electrons. The summed E-state index contributed by atoms with van der Waals surface area (Å²) in [7, 11) is 1.23. The van der Waals surface area contributed by atoms with Gasteiger partial charge in [-0.05, 0) is 61.7 Å². The average molecular weight is 543 g/mol. The fraction of sp³-hybridized carbons (Fsp3) is 0.240. The van der Waals surface area contributed by atoms with Crippen LogP contribution in [0.2, 0.25) is 5.02 Å². The second-order valence-corrected chi connectivity index (χ2v) is 9.86. The van der Waals surface area contributed by atoms with Gasteiger partial charge in [0.05, 0.1) is 12.8 Å². The summed E-state index contributed by atoms with van der Waals surface area (Å²) in [5.74, 6) is -1.47. The number of carbonyl (C=O) groups excluding carboxylic acids is 3. The molecule has 34 heavy (non-hydrogen) atoms. The molecule has 7 nitrogen and oxygen atoms in total. The van der Waals surface area contributed by atoms with Gasteiger partial charge in [-0.2, -0.15) is 0 Å². The lowest BCUT2D eigenvalue weighted by molar-refractivity contribution is -0.138. The number of nitrogens with one attached hydrogen (secondary N) is 1. The number of fused-ring (bicyclic) bond motifs is 3. The number of anilines is 2. The lowest BCUT2D eigenvalue weighted by atomic mass is 9.63. The van der Waals surface area contributed by atoms with Gasteiger partial charge in [0.25, 0.3) is 0 Å². The molecule has 2 aliphatic heterocycles. The number of allylic oxidation sites excluding steroid dienone is 1. The Balaban J connectivity index is 1.93. The van der Waals surface area contributed by atoms with Crippen LogP contribution < -0.4 is 16.0 Å². The summed E-state index contributed by atoms with van der Waals surface area (Å²) < 4.78 is 6.01. The van der Waals surface area contributed by atoms with Gasteiger partial charge in [0.15, 0.2) is 5.78 Å². The molecule has 2 aromatic rings. The topological polar surface area (TPSA) is 102 Å². The van der Waals surface area contributed by atoms with Gasteiger partial charge in [0.2, 0.25) is 5.91 Å². The molecule has 1 aliphatic carbocycles. The highest BCUT2D eigenvalue weighted by Gasteiger charge is 2.62. The molecule has 1 unspecified atom stereocenters. The van der Waals surface area contributed by atoms with Crippen LogP contribution in [0, 0.1) is 6.92 Å². The number of rotatable bonds is 2. The maximum absolute atomic E-state index is 13.8. The van der Waals surface area contributed by atoms with Gasteiger partial charge < -0.3 is 15.8 Å². The predicted molar refractivity (Wildman–Crippen MR) is 132 cm³/mol. The Morgan fingerprint density at radius 2 is 1.97 bits per heavy atom. The van der Waals surface area contributed by atoms with Crippen molar-refractivity contribution in [1.29, 1.82) is 0 Å². The minimum atomic E-state index is -1.75. The maximum atomic E-state index is 13.8. The number of amides is 1. The van der Waals surface area contributed by atoms with Gasteiger partial charge in [-0.1, -0.05) is 27.5 Å². The lowest BCUT2D eigenvalue weighted by Gasteiger charge is -2.44. The third kappa shape index (κ3) is 2.98. The molecule has 2 aromatic carbocycles. The Labute approximate surface area is 209 Å². The van der Waals surface area contributed by atoms with Crippen LogP contribution in [0.4, 0.5) is 11.4 Å². The highest BCUT2D eigenvalue weighted by molar-refractivity contribution is 9.10. The first-order valence-corrected chi connectivity index (χ1v) is 11.9. The Bertz CT molecular complexity index is 1370. The van der Waals surface area contributed by atoms with Crippen molar-refractivity contribution in [1.82, 2.24) is 0 Å². The van der Waals surface area contributed by atoms with Gasteiger partial charge >= 0.3 is 5.97 Å². The normalized spacial score (nSPS) is 21.6. The summed E-state index contributed by atoms with van der Waals surface area (Å²) >= 11 is 9.80. The van der Waals surface area contributed by atoms with Crippen LogP contribution in [-0.4, -0.2) is 24.8 Å². The summed E-state index contributed by atoms with van der Waals surface area (Å²) in [6.07, 6.45) is 1.37. The monoisotopic (exact) mass is 541 g/mol. The van der Waals surface area contributed by atoms with Crippen LogP contribution in [0.3, 0.4) is 0 Å². The molecule has 0 saturated carbocycles. The van der Waals surface area contributed by atoms with E-state index in [0.717, 1.165) is 10.0 Å². The number of ketones is 1. The quantitative estimate of drug-likeness (QED) is 0.543. The van der Waals surface area contributed by atoms with Crippen molar-refractivity contribution >= 4 is 56.6 Å². The zero-order chi connectivity index (χ0) is 24.4. The number of esters is 1. The fourth-order valence-corrected chi connectivity index (χ4v) is 5.97. The molecule has 1 amide bonds. The number of halogens is 2. The maximum Gasteiger partial charge on any atom is 0.339 e. The molecule has 1 spiro atoms. The molecule has 0 fully saturated rings. The first kappa shape index (κ1) is 22.7. The fourth-order valence-electron chi connectivity index (χ4n) is 5.33. The number of hydrogen-bond acceptors (Lipinski definition) is 6. The Kier molecular flexibility index (Phi) is 5.33. The van der Waals surface area contributed by atoms with Gasteiger partial charge in [-0.25, -0.2) is 4.79 Å². The molecule has 0 aromatic heterocycles. The molecule has 5 rings (SSSR count). The van der Waals surface area contributed by atoms with E-state index < -0.39 is 17.3 Å². The number of nitrogens with two attached hydrogens (primary N) is 1. The van der Waals surface area contributed by atoms with E-state index in [2.05, 4.69) is 21.2 Å². The second-order valence-electron chi connectivity index (χ2n) is 8.51. The Hall–Kier alpha value is -3.10. The van der Waals surface area contributed by atoms with Gasteiger partial charge in [-0.15, -0.1) is 0 Å². The van der Waals surface area contributed by atoms with Crippen LogP contribution in [0.5, 0.6) is 0 Å². The van der Waals surface area contributed by atoms with E-state index in [1.54, 1.807) is 23.1 Å². The van der Waals surface area contributed by atoms with Crippen molar-refractivity contribution in [2.75, 3.05) is 17.3 Å². The number of aryl methyl sites for hydroxylation is 1. The number of Topliss-reactive ketones (excluding diaryl/α,β-unsaturated/α-hetero) is 1. The predicted octanol–water partition coefficient (Wildman–Crippen LogP) is 4.47. The highest BCUT2D eigenvalue weighted by atomic mass is 79.9. The summed E-state index contributed by atoms with van der Waals surface area (Å²) in [6, 6.07) is 10.6. The van der Waals surface area contributed by atoms with Gasteiger partial charge in [-0.3, -0.25) is 14.5 Å². The van der Waals surface area contributed by atoms with Crippen molar-refractivity contribution in [3.05, 3.63) is 79.7 Å². The highest BCUT2D eigenvalue weighted by Crippen LogP contribution is 2.56. The number of nitrogens with zero attached hydrogens (tertiary/aromatic N) is 1. The SMILES string of the molecule is COC(=O)C1=C(N)N(c2ccc(Br)cc2C)C2=C(C(=O)CCC2)C12C(=O)Nc1ccc(Cl)cc12. The molecule has 2 heterocycles. The Morgan fingerprint density at radius 1 is 1.21 bits per heavy atom. The number of hydrogen-bond donors (Lipinski definition) is 2. The van der Waals surface area contributed by atoms with Crippen molar-refractivity contribution < 1.29 is 19.1 Å². The van der Waals surface area contributed by atoms with Crippen LogP contribution in [0.25, 0.3) is 0 Å². The summed E-state index contributed by atoms with van der Waals surface area (Å²) in [4.78, 5) is 42.4. The summed E-state index contributed by atoms with van der Waals surface area (Å²) in [5.41, 5.74) is 8.23. The van der Waals surface area contributed by atoms with Crippen molar-refractivity contribution in [3.63, 3.8) is 0 Å². The van der Waals surface area contributed by atoms with E-state index in [1.165, 1.54) is 7.11 Å². The molecular weight excluding hydrogens is 522 g/mol. The van der Waals surface area contributed by atoms with Crippen molar-refractivity contribution in [2.45, 2.75) is 31.6 Å². The van der Waals surface area contributed by atoms with Gasteiger partial charge in [0, 0.05) is 38.4 Å². The van der Waals surface area contributed by atoms with Crippen LogP contribution >= 0.6 is 27.5 Å². The standard InChI is InChI=1S/C25H21BrClN3O4/c1-12-10-13(26)6-9-17(12)30-18-4-3-5-19(31)20(18)25(21(22(30)28)23(32)34-2)15-11-14(27)7-8-16(15)29-24(25)33/h6-11H,3-5,28H2,1-2H3,(H,29,33). The van der Waals surface area contributed by atoms with Gasteiger partial charge in [0.1, 0.15) is 16.8 Å². The third-order valence-electron chi connectivity index (χ3n) is 6.67. The minimum absolute atomic E-state index is 0.0497. The van der Waals surface area contributed by atoms with E-state index in [9.17, 15) is 14.4 Å². The second kappa shape index (κ2) is 7.99. The average Bonchev–Trinajstić information content (AvgIpc) is 3.06. The summed E-state index contributed by atoms with van der Waals surface area (Å²) in [5, 5.41) is 3.20. The molecule has 0 bridgehead atoms. The molecule has 1 atom stereocenters. The van der Waals surface area contributed by atoms with Crippen LogP contribution in [0.1, 0.15) is 30.4 Å². The molecule has 9 heteroatoms. The smallest absolute Gasteiger partial charge is 0.339 e. The molecule has 174 valence electrons. The Morgan fingerprint density at radius 3 is 2.68 bits per heavy atom. The number of carbonyl (C=O) groups is 3. The summed E-state index contributed by atoms with van der Waals surface area (Å²) in [6.45, 7) is 1.91. The number of ether oxygens (including phenoxy) is 1.